The van der Waals surface area contributed by atoms with Crippen molar-refractivity contribution in [2.45, 2.75) is 12.5 Å². The van der Waals surface area contributed by atoms with Crippen molar-refractivity contribution in [2.75, 3.05) is 10.6 Å². The highest BCUT2D eigenvalue weighted by atomic mass is 79.9. The van der Waals surface area contributed by atoms with Crippen molar-refractivity contribution >= 4 is 33.3 Å². The van der Waals surface area contributed by atoms with E-state index in [0.29, 0.717) is 12.2 Å². The number of carbonyl (C=O) groups is 1. The smallest absolute Gasteiger partial charge is 0.248 e. The van der Waals surface area contributed by atoms with Crippen LogP contribution in [0.15, 0.2) is 47.1 Å². The Kier molecular flexibility index (Phi) is 3.21. The van der Waals surface area contributed by atoms with Gasteiger partial charge in [0.1, 0.15) is 11.9 Å². The van der Waals surface area contributed by atoms with E-state index in [0.717, 1.165) is 10.2 Å². The zero-order valence-electron chi connectivity index (χ0n) is 10.1. The SMILES string of the molecule is O=C(Nc1ncccc1Br)[C@@H]1Cc2ccccc2N1. The first-order valence-electron chi connectivity index (χ1n) is 6.00. The molecule has 1 atom stereocenters. The number of fused-ring (bicyclic) bond motifs is 1. The van der Waals surface area contributed by atoms with Crippen molar-refractivity contribution in [1.82, 2.24) is 4.98 Å². The van der Waals surface area contributed by atoms with Crippen LogP contribution >= 0.6 is 15.9 Å². The van der Waals surface area contributed by atoms with Crippen LogP contribution in [0.5, 0.6) is 0 Å². The van der Waals surface area contributed by atoms with E-state index < -0.39 is 0 Å². The van der Waals surface area contributed by atoms with Crippen molar-refractivity contribution in [1.29, 1.82) is 0 Å². The summed E-state index contributed by atoms with van der Waals surface area (Å²) in [4.78, 5) is 16.3. The second-order valence-electron chi connectivity index (χ2n) is 4.38. The maximum Gasteiger partial charge on any atom is 0.248 e. The zero-order valence-corrected chi connectivity index (χ0v) is 11.6. The molecule has 0 saturated carbocycles. The maximum absolute atomic E-state index is 12.2. The Balaban J connectivity index is 1.72. The highest BCUT2D eigenvalue weighted by Gasteiger charge is 2.26. The molecule has 0 unspecified atom stereocenters. The lowest BCUT2D eigenvalue weighted by atomic mass is 10.1. The number of nitrogens with one attached hydrogen (secondary N) is 2. The largest absolute Gasteiger partial charge is 0.373 e. The molecule has 2 aromatic rings. The number of rotatable bonds is 2. The van der Waals surface area contributed by atoms with Gasteiger partial charge >= 0.3 is 0 Å². The summed E-state index contributed by atoms with van der Waals surface area (Å²) >= 11 is 3.36. The van der Waals surface area contributed by atoms with E-state index in [1.165, 1.54) is 5.56 Å². The highest BCUT2D eigenvalue weighted by Crippen LogP contribution is 2.26. The Morgan fingerprint density at radius 2 is 2.16 bits per heavy atom. The van der Waals surface area contributed by atoms with Gasteiger partial charge in [-0.25, -0.2) is 4.98 Å². The van der Waals surface area contributed by atoms with Crippen molar-refractivity contribution in [3.63, 3.8) is 0 Å². The maximum atomic E-state index is 12.2. The molecule has 4 nitrogen and oxygen atoms in total. The fourth-order valence-corrected chi connectivity index (χ4v) is 2.49. The van der Waals surface area contributed by atoms with Gasteiger partial charge in [-0.2, -0.15) is 0 Å². The van der Waals surface area contributed by atoms with Gasteiger partial charge in [-0.3, -0.25) is 4.79 Å². The fourth-order valence-electron chi connectivity index (χ4n) is 2.14. The number of pyridine rings is 1. The van der Waals surface area contributed by atoms with Gasteiger partial charge < -0.3 is 10.6 Å². The van der Waals surface area contributed by atoms with Gasteiger partial charge in [-0.15, -0.1) is 0 Å². The summed E-state index contributed by atoms with van der Waals surface area (Å²) in [5, 5.41) is 6.05. The molecule has 1 aromatic heterocycles. The summed E-state index contributed by atoms with van der Waals surface area (Å²) in [5.41, 5.74) is 2.20. The van der Waals surface area contributed by atoms with E-state index in [-0.39, 0.29) is 11.9 Å². The van der Waals surface area contributed by atoms with Crippen LogP contribution in [-0.4, -0.2) is 16.9 Å². The molecule has 2 N–H and O–H groups in total. The number of nitrogens with zero attached hydrogens (tertiary/aromatic N) is 1. The summed E-state index contributed by atoms with van der Waals surface area (Å²) in [6, 6.07) is 11.4. The third-order valence-electron chi connectivity index (χ3n) is 3.09. The number of aromatic nitrogens is 1. The normalized spacial score (nSPS) is 16.6. The Morgan fingerprint density at radius 3 is 2.95 bits per heavy atom. The van der Waals surface area contributed by atoms with Gasteiger partial charge in [-0.05, 0) is 39.7 Å². The van der Waals surface area contributed by atoms with Crippen molar-refractivity contribution in [3.05, 3.63) is 52.6 Å². The minimum absolute atomic E-state index is 0.0735. The van der Waals surface area contributed by atoms with Crippen LogP contribution < -0.4 is 10.6 Å². The predicted octanol–water partition coefficient (Wildman–Crippen LogP) is 2.82. The number of para-hydroxylation sites is 1. The molecule has 0 radical (unpaired) electrons. The Hall–Kier alpha value is -1.88. The van der Waals surface area contributed by atoms with Crippen LogP contribution in [0.2, 0.25) is 0 Å². The third-order valence-corrected chi connectivity index (χ3v) is 3.73. The van der Waals surface area contributed by atoms with Gasteiger partial charge in [0.25, 0.3) is 0 Å². The average molecular weight is 318 g/mol. The topological polar surface area (TPSA) is 54.0 Å². The summed E-state index contributed by atoms with van der Waals surface area (Å²) in [6.07, 6.45) is 2.35. The molecule has 96 valence electrons. The fraction of sp³-hybridized carbons (Fsp3) is 0.143. The number of benzene rings is 1. The van der Waals surface area contributed by atoms with E-state index in [1.807, 2.05) is 36.4 Å². The van der Waals surface area contributed by atoms with Gasteiger partial charge in [0.05, 0.1) is 4.47 Å². The summed E-state index contributed by atoms with van der Waals surface area (Å²) < 4.78 is 0.777. The molecule has 19 heavy (non-hydrogen) atoms. The van der Waals surface area contributed by atoms with E-state index in [4.69, 9.17) is 0 Å². The first kappa shape index (κ1) is 12.2. The van der Waals surface area contributed by atoms with Crippen LogP contribution in [0.25, 0.3) is 0 Å². The first-order valence-corrected chi connectivity index (χ1v) is 6.79. The zero-order chi connectivity index (χ0) is 13.2. The molecule has 3 rings (SSSR count). The van der Waals surface area contributed by atoms with E-state index >= 15 is 0 Å². The van der Waals surface area contributed by atoms with Crippen LogP contribution in [-0.2, 0) is 11.2 Å². The molecular formula is C14H12BrN3O. The first-order chi connectivity index (χ1) is 9.24. The molecule has 0 aliphatic carbocycles. The molecule has 1 aromatic carbocycles. The quantitative estimate of drug-likeness (QED) is 0.895. The second-order valence-corrected chi connectivity index (χ2v) is 5.24. The second kappa shape index (κ2) is 5.01. The molecule has 2 heterocycles. The molecule has 1 aliphatic rings. The molecule has 1 amide bonds. The molecule has 0 bridgehead atoms. The van der Waals surface area contributed by atoms with Gasteiger partial charge in [0.15, 0.2) is 0 Å². The Bertz CT molecular complexity index is 605. The molecule has 0 spiro atoms. The molecule has 0 fully saturated rings. The summed E-state index contributed by atoms with van der Waals surface area (Å²) in [6.45, 7) is 0. The average Bonchev–Trinajstić information content (AvgIpc) is 2.85. The van der Waals surface area contributed by atoms with Gasteiger partial charge in [-0.1, -0.05) is 18.2 Å². The Labute approximate surface area is 119 Å². The van der Waals surface area contributed by atoms with E-state index in [9.17, 15) is 4.79 Å². The predicted molar refractivity (Wildman–Crippen MR) is 78.1 cm³/mol. The number of halogens is 1. The molecular weight excluding hydrogens is 306 g/mol. The monoisotopic (exact) mass is 317 g/mol. The number of anilines is 2. The van der Waals surface area contributed by atoms with Crippen molar-refractivity contribution in [3.8, 4) is 0 Å². The van der Waals surface area contributed by atoms with Gasteiger partial charge in [0, 0.05) is 18.3 Å². The van der Waals surface area contributed by atoms with Crippen LogP contribution in [0.4, 0.5) is 11.5 Å². The Morgan fingerprint density at radius 1 is 1.32 bits per heavy atom. The van der Waals surface area contributed by atoms with Crippen molar-refractivity contribution < 1.29 is 4.79 Å². The van der Waals surface area contributed by atoms with Crippen molar-refractivity contribution in [2.24, 2.45) is 0 Å². The highest BCUT2D eigenvalue weighted by molar-refractivity contribution is 9.10. The molecule has 5 heteroatoms. The minimum atomic E-state index is -0.244. The van der Waals surface area contributed by atoms with E-state index in [2.05, 4.69) is 31.5 Å². The summed E-state index contributed by atoms with van der Waals surface area (Å²) in [5.74, 6) is 0.473. The van der Waals surface area contributed by atoms with Crippen LogP contribution in [0.3, 0.4) is 0 Å². The third kappa shape index (κ3) is 2.46. The standard InChI is InChI=1S/C14H12BrN3O/c15-10-5-3-7-16-13(10)18-14(19)12-8-9-4-1-2-6-11(9)17-12/h1-7,12,17H,8H2,(H,16,18,19)/t12-/m0/s1. The van der Waals surface area contributed by atoms with Crippen LogP contribution in [0.1, 0.15) is 5.56 Å². The number of hydrogen-bond donors (Lipinski definition) is 2. The number of carbonyl (C=O) groups excluding carboxylic acids is 1. The molecule has 1 aliphatic heterocycles. The van der Waals surface area contributed by atoms with Crippen LogP contribution in [0, 0.1) is 0 Å². The number of hydrogen-bond acceptors (Lipinski definition) is 3. The minimum Gasteiger partial charge on any atom is -0.373 e. The molecule has 0 saturated heterocycles. The van der Waals surface area contributed by atoms with E-state index in [1.54, 1.807) is 6.20 Å². The summed E-state index contributed by atoms with van der Waals surface area (Å²) in [7, 11) is 0. The lowest BCUT2D eigenvalue weighted by Crippen LogP contribution is -2.33. The lowest BCUT2D eigenvalue weighted by Gasteiger charge is -2.12. The van der Waals surface area contributed by atoms with Gasteiger partial charge in [0.2, 0.25) is 5.91 Å². The lowest BCUT2D eigenvalue weighted by molar-refractivity contribution is -0.116. The number of amides is 1.